The van der Waals surface area contributed by atoms with E-state index in [9.17, 15) is 14.4 Å². The predicted octanol–water partition coefficient (Wildman–Crippen LogP) is -1.26. The summed E-state index contributed by atoms with van der Waals surface area (Å²) in [5.74, 6) is -1.45. The van der Waals surface area contributed by atoms with Gasteiger partial charge in [-0.05, 0) is 12.8 Å². The van der Waals surface area contributed by atoms with Crippen molar-refractivity contribution >= 4 is 17.9 Å². The Balaban J connectivity index is 1.83. The molecule has 2 aliphatic heterocycles. The van der Waals surface area contributed by atoms with E-state index in [0.29, 0.717) is 13.1 Å². The molecule has 3 atom stereocenters. The Kier molecular flexibility index (Phi) is 4.43. The molecule has 2 heterocycles. The smallest absolute Gasteiger partial charge is 0.332 e. The van der Waals surface area contributed by atoms with Gasteiger partial charge in [-0.15, -0.1) is 0 Å². The van der Waals surface area contributed by atoms with Crippen molar-refractivity contribution in [3.63, 3.8) is 0 Å². The quantitative estimate of drug-likeness (QED) is 0.514. The van der Waals surface area contributed by atoms with Gasteiger partial charge in [0, 0.05) is 26.1 Å². The number of rotatable bonds is 4. The molecular formula is C12H19N3O5. The molecule has 0 aromatic heterocycles. The van der Waals surface area contributed by atoms with Gasteiger partial charge in [0.15, 0.2) is 6.10 Å². The van der Waals surface area contributed by atoms with E-state index in [-0.39, 0.29) is 36.9 Å². The molecule has 0 saturated carbocycles. The summed E-state index contributed by atoms with van der Waals surface area (Å²) >= 11 is 0. The first-order valence-electron chi connectivity index (χ1n) is 6.73. The number of hydrogen-bond acceptors (Lipinski definition) is 4. The van der Waals surface area contributed by atoms with Gasteiger partial charge in [0.05, 0.1) is 12.0 Å². The lowest BCUT2D eigenvalue weighted by molar-refractivity contribution is -0.146. The van der Waals surface area contributed by atoms with Crippen molar-refractivity contribution in [1.82, 2.24) is 15.5 Å². The van der Waals surface area contributed by atoms with Gasteiger partial charge in [0.1, 0.15) is 0 Å². The molecule has 2 saturated heterocycles. The highest BCUT2D eigenvalue weighted by Crippen LogP contribution is 2.27. The van der Waals surface area contributed by atoms with Crippen LogP contribution in [0.4, 0.5) is 4.79 Å². The fourth-order valence-corrected chi connectivity index (χ4v) is 2.74. The lowest BCUT2D eigenvalue weighted by Crippen LogP contribution is -2.52. The number of nitrogens with one attached hydrogen (secondary N) is 2. The minimum absolute atomic E-state index is 0.00574. The SMILES string of the molecule is O=C1NCC2C1CCCN2C(=O)NCC[C@H](O)C(=O)O. The predicted molar refractivity (Wildman–Crippen MR) is 67.9 cm³/mol. The molecule has 2 aliphatic rings. The molecule has 0 aromatic rings. The fourth-order valence-electron chi connectivity index (χ4n) is 2.74. The average molecular weight is 285 g/mol. The number of carboxylic acids is 1. The van der Waals surface area contributed by atoms with E-state index in [1.165, 1.54) is 0 Å². The van der Waals surface area contributed by atoms with Crippen molar-refractivity contribution in [2.24, 2.45) is 5.92 Å². The Morgan fingerprint density at radius 1 is 1.50 bits per heavy atom. The van der Waals surface area contributed by atoms with Crippen LogP contribution in [-0.2, 0) is 9.59 Å². The molecule has 0 bridgehead atoms. The molecule has 0 aliphatic carbocycles. The third-order valence-electron chi connectivity index (χ3n) is 3.84. The van der Waals surface area contributed by atoms with E-state index in [4.69, 9.17) is 10.2 Å². The normalized spacial score (nSPS) is 26.6. The molecule has 0 spiro atoms. The van der Waals surface area contributed by atoms with Crippen molar-refractivity contribution in [3.8, 4) is 0 Å². The van der Waals surface area contributed by atoms with Crippen LogP contribution in [0.3, 0.4) is 0 Å². The number of nitrogens with zero attached hydrogens (tertiary/aromatic N) is 1. The zero-order valence-electron chi connectivity index (χ0n) is 11.0. The Hall–Kier alpha value is -1.83. The molecule has 8 heteroatoms. The number of carbonyl (C=O) groups is 3. The standard InChI is InChI=1S/C12H19N3O5/c16-9(11(18)19)3-4-13-12(20)15-5-1-2-7-8(15)6-14-10(7)17/h7-9,16H,1-6H2,(H,13,20)(H,14,17)(H,18,19)/t7?,8?,9-/m0/s1. The second kappa shape index (κ2) is 6.08. The zero-order chi connectivity index (χ0) is 14.7. The monoisotopic (exact) mass is 285 g/mol. The lowest BCUT2D eigenvalue weighted by atomic mass is 9.92. The van der Waals surface area contributed by atoms with Gasteiger partial charge < -0.3 is 25.7 Å². The van der Waals surface area contributed by atoms with Crippen molar-refractivity contribution in [1.29, 1.82) is 0 Å². The first-order chi connectivity index (χ1) is 9.50. The molecule has 2 unspecified atom stereocenters. The number of aliphatic hydroxyl groups excluding tert-OH is 1. The van der Waals surface area contributed by atoms with Crippen molar-refractivity contribution in [2.75, 3.05) is 19.6 Å². The second-order valence-electron chi connectivity index (χ2n) is 5.13. The molecule has 2 rings (SSSR count). The highest BCUT2D eigenvalue weighted by atomic mass is 16.4. The molecule has 0 aromatic carbocycles. The van der Waals surface area contributed by atoms with Gasteiger partial charge in [-0.1, -0.05) is 0 Å². The summed E-state index contributed by atoms with van der Waals surface area (Å²) in [7, 11) is 0. The van der Waals surface area contributed by atoms with Crippen LogP contribution < -0.4 is 10.6 Å². The second-order valence-corrected chi connectivity index (χ2v) is 5.13. The topological polar surface area (TPSA) is 119 Å². The number of urea groups is 1. The summed E-state index contributed by atoms with van der Waals surface area (Å²) in [5, 5.41) is 23.0. The van der Waals surface area contributed by atoms with Crippen LogP contribution in [0.5, 0.6) is 0 Å². The lowest BCUT2D eigenvalue weighted by Gasteiger charge is -2.35. The minimum Gasteiger partial charge on any atom is -0.479 e. The van der Waals surface area contributed by atoms with E-state index in [0.717, 1.165) is 12.8 Å². The van der Waals surface area contributed by atoms with Crippen molar-refractivity contribution in [2.45, 2.75) is 31.4 Å². The van der Waals surface area contributed by atoms with Crippen LogP contribution in [0.25, 0.3) is 0 Å². The number of aliphatic hydroxyl groups is 1. The summed E-state index contributed by atoms with van der Waals surface area (Å²) in [6, 6.07) is -0.436. The molecule has 112 valence electrons. The van der Waals surface area contributed by atoms with Gasteiger partial charge in [0.2, 0.25) is 5.91 Å². The van der Waals surface area contributed by atoms with Gasteiger partial charge in [0.25, 0.3) is 0 Å². The number of aliphatic carboxylic acids is 1. The van der Waals surface area contributed by atoms with Crippen molar-refractivity contribution < 1.29 is 24.6 Å². The third kappa shape index (κ3) is 3.01. The van der Waals surface area contributed by atoms with E-state index >= 15 is 0 Å². The van der Waals surface area contributed by atoms with Crippen LogP contribution in [-0.4, -0.2) is 64.8 Å². The molecule has 4 N–H and O–H groups in total. The van der Waals surface area contributed by atoms with Crippen molar-refractivity contribution in [3.05, 3.63) is 0 Å². The number of carbonyl (C=O) groups excluding carboxylic acids is 2. The molecule has 20 heavy (non-hydrogen) atoms. The molecule has 8 nitrogen and oxygen atoms in total. The van der Waals surface area contributed by atoms with Crippen LogP contribution in [0.1, 0.15) is 19.3 Å². The summed E-state index contributed by atoms with van der Waals surface area (Å²) in [6.07, 6.45) is 0.0527. The van der Waals surface area contributed by atoms with E-state index in [1.54, 1.807) is 4.90 Å². The highest BCUT2D eigenvalue weighted by molar-refractivity contribution is 5.84. The number of hydrogen-bond donors (Lipinski definition) is 4. The minimum atomic E-state index is -1.47. The number of amides is 3. The van der Waals surface area contributed by atoms with Crippen LogP contribution in [0, 0.1) is 5.92 Å². The highest BCUT2D eigenvalue weighted by Gasteiger charge is 2.42. The largest absolute Gasteiger partial charge is 0.479 e. The summed E-state index contributed by atoms with van der Waals surface area (Å²) in [4.78, 5) is 35.7. The number of fused-ring (bicyclic) bond motifs is 1. The van der Waals surface area contributed by atoms with Gasteiger partial charge >= 0.3 is 12.0 Å². The summed E-state index contributed by atoms with van der Waals surface area (Å²) in [5.41, 5.74) is 0. The number of carboxylic acid groups (broad SMARTS) is 1. The van der Waals surface area contributed by atoms with Crippen LogP contribution in [0.15, 0.2) is 0 Å². The van der Waals surface area contributed by atoms with Crippen LogP contribution in [0.2, 0.25) is 0 Å². The van der Waals surface area contributed by atoms with E-state index in [2.05, 4.69) is 10.6 Å². The average Bonchev–Trinajstić information content (AvgIpc) is 2.80. The maximum Gasteiger partial charge on any atom is 0.332 e. The van der Waals surface area contributed by atoms with E-state index in [1.807, 2.05) is 0 Å². The summed E-state index contributed by atoms with van der Waals surface area (Å²) in [6.45, 7) is 1.14. The molecule has 2 fully saturated rings. The Labute approximate surface area is 116 Å². The van der Waals surface area contributed by atoms with E-state index < -0.39 is 12.1 Å². The number of piperidine rings is 1. The van der Waals surface area contributed by atoms with Gasteiger partial charge in [-0.2, -0.15) is 0 Å². The fraction of sp³-hybridized carbons (Fsp3) is 0.750. The summed E-state index contributed by atoms with van der Waals surface area (Å²) < 4.78 is 0. The Morgan fingerprint density at radius 2 is 2.25 bits per heavy atom. The first kappa shape index (κ1) is 14.6. The molecular weight excluding hydrogens is 266 g/mol. The zero-order valence-corrected chi connectivity index (χ0v) is 11.0. The maximum absolute atomic E-state index is 12.0. The first-order valence-corrected chi connectivity index (χ1v) is 6.73. The molecule has 0 radical (unpaired) electrons. The van der Waals surface area contributed by atoms with Gasteiger partial charge in [-0.25, -0.2) is 9.59 Å². The number of likely N-dealkylation sites (tertiary alicyclic amines) is 1. The maximum atomic E-state index is 12.0. The van der Waals surface area contributed by atoms with Crippen LogP contribution >= 0.6 is 0 Å². The Bertz CT molecular complexity index is 414. The molecule has 3 amide bonds. The third-order valence-corrected chi connectivity index (χ3v) is 3.84. The van der Waals surface area contributed by atoms with Gasteiger partial charge in [-0.3, -0.25) is 4.79 Å². The Morgan fingerprint density at radius 3 is 2.95 bits per heavy atom.